The van der Waals surface area contributed by atoms with E-state index in [9.17, 15) is 4.79 Å². The number of thioether (sulfide) groups is 1. The quantitative estimate of drug-likeness (QED) is 0.418. The highest BCUT2D eigenvalue weighted by atomic mass is 32.2. The summed E-state index contributed by atoms with van der Waals surface area (Å²) >= 11 is 2.98. The van der Waals surface area contributed by atoms with Crippen molar-refractivity contribution in [3.8, 4) is 5.75 Å². The summed E-state index contributed by atoms with van der Waals surface area (Å²) in [5.41, 5.74) is 3.01. The minimum atomic E-state index is -0.219. The molecule has 27 heavy (non-hydrogen) atoms. The molecule has 3 rings (SSSR count). The number of rotatable bonds is 8. The fraction of sp³-hybridized carbons (Fsp3) is 0.250. The number of aryl methyl sites for hydroxylation is 1. The van der Waals surface area contributed by atoms with Crippen molar-refractivity contribution in [2.24, 2.45) is 0 Å². The first-order valence-electron chi connectivity index (χ1n) is 8.70. The summed E-state index contributed by atoms with van der Waals surface area (Å²) < 4.78 is 6.40. The summed E-state index contributed by atoms with van der Waals surface area (Å²) in [6, 6.07) is 15.6. The number of carbonyl (C=O) groups is 1. The van der Waals surface area contributed by atoms with Crippen molar-refractivity contribution >= 4 is 34.1 Å². The molecular formula is C20H21N3O2S2. The van der Waals surface area contributed by atoms with E-state index in [-0.39, 0.29) is 5.91 Å². The third-order valence-electron chi connectivity index (χ3n) is 3.68. The van der Waals surface area contributed by atoms with Crippen LogP contribution in [0.25, 0.3) is 0 Å². The van der Waals surface area contributed by atoms with Gasteiger partial charge < -0.3 is 4.74 Å². The molecule has 0 saturated carbocycles. The molecule has 7 heteroatoms. The van der Waals surface area contributed by atoms with Crippen LogP contribution in [0.5, 0.6) is 5.75 Å². The van der Waals surface area contributed by atoms with Gasteiger partial charge in [-0.15, -0.1) is 10.2 Å². The van der Waals surface area contributed by atoms with Crippen molar-refractivity contribution < 1.29 is 9.53 Å². The highest BCUT2D eigenvalue weighted by Gasteiger charge is 2.11. The molecule has 0 spiro atoms. The second kappa shape index (κ2) is 9.53. The van der Waals surface area contributed by atoms with E-state index in [4.69, 9.17) is 4.74 Å². The largest absolute Gasteiger partial charge is 0.494 e. The first kappa shape index (κ1) is 19.4. The molecular weight excluding hydrogens is 378 g/mol. The molecule has 1 aromatic heterocycles. The van der Waals surface area contributed by atoms with Gasteiger partial charge >= 0.3 is 0 Å². The number of carbonyl (C=O) groups excluding carboxylic acids is 1. The molecule has 0 unspecified atom stereocenters. The number of nitrogens with zero attached hydrogens (tertiary/aromatic N) is 2. The summed E-state index contributed by atoms with van der Waals surface area (Å²) in [7, 11) is 0. The van der Waals surface area contributed by atoms with Crippen molar-refractivity contribution in [3.05, 3.63) is 65.2 Å². The number of anilines is 1. The molecule has 140 valence electrons. The van der Waals surface area contributed by atoms with Crippen LogP contribution in [0.15, 0.2) is 52.9 Å². The molecule has 5 nitrogen and oxygen atoms in total. The molecule has 2 aromatic carbocycles. The van der Waals surface area contributed by atoms with Crippen LogP contribution in [-0.2, 0) is 5.75 Å². The van der Waals surface area contributed by atoms with E-state index in [0.717, 1.165) is 16.5 Å². The molecule has 1 heterocycles. The third kappa shape index (κ3) is 5.80. The van der Waals surface area contributed by atoms with Gasteiger partial charge in [-0.3, -0.25) is 10.1 Å². The molecule has 1 N–H and O–H groups in total. The van der Waals surface area contributed by atoms with Gasteiger partial charge in [-0.05, 0) is 37.1 Å². The average molecular weight is 400 g/mol. The number of aromatic nitrogens is 2. The predicted molar refractivity (Wildman–Crippen MR) is 111 cm³/mol. The zero-order valence-corrected chi connectivity index (χ0v) is 16.9. The number of ether oxygens (including phenoxy) is 1. The summed E-state index contributed by atoms with van der Waals surface area (Å²) in [6.45, 7) is 4.74. The summed E-state index contributed by atoms with van der Waals surface area (Å²) in [4.78, 5) is 12.4. The fourth-order valence-corrected chi connectivity index (χ4v) is 3.97. The predicted octanol–water partition coefficient (Wildman–Crippen LogP) is 5.18. The zero-order valence-electron chi connectivity index (χ0n) is 15.3. The van der Waals surface area contributed by atoms with Gasteiger partial charge in [-0.25, -0.2) is 0 Å². The Hall–Kier alpha value is -2.38. The Morgan fingerprint density at radius 3 is 2.78 bits per heavy atom. The number of hydrogen-bond acceptors (Lipinski definition) is 6. The van der Waals surface area contributed by atoms with Crippen molar-refractivity contribution in [2.45, 2.75) is 30.4 Å². The molecule has 1 amide bonds. The molecule has 0 aliphatic rings. The fourth-order valence-electron chi connectivity index (χ4n) is 2.26. The number of benzene rings is 2. The van der Waals surface area contributed by atoms with E-state index in [2.05, 4.69) is 46.7 Å². The van der Waals surface area contributed by atoms with E-state index < -0.39 is 0 Å². The van der Waals surface area contributed by atoms with Crippen molar-refractivity contribution in [1.29, 1.82) is 0 Å². The SMILES string of the molecule is CCCOc1cccc(C(=O)Nc2nnc(SCc3ccc(C)cc3)s2)c1. The maximum atomic E-state index is 12.4. The minimum Gasteiger partial charge on any atom is -0.494 e. The van der Waals surface area contributed by atoms with Gasteiger partial charge in [0.15, 0.2) is 4.34 Å². The summed E-state index contributed by atoms with van der Waals surface area (Å²) in [5, 5.41) is 11.5. The van der Waals surface area contributed by atoms with Crippen LogP contribution in [0.4, 0.5) is 5.13 Å². The number of hydrogen-bond donors (Lipinski definition) is 1. The van der Waals surface area contributed by atoms with E-state index in [0.29, 0.717) is 23.1 Å². The maximum Gasteiger partial charge on any atom is 0.257 e. The van der Waals surface area contributed by atoms with Crippen LogP contribution in [0.1, 0.15) is 34.8 Å². The standard InChI is InChI=1S/C20H21N3O2S2/c1-3-11-25-17-6-4-5-16(12-17)18(24)21-19-22-23-20(27-19)26-13-15-9-7-14(2)8-10-15/h4-10,12H,3,11,13H2,1-2H3,(H,21,22,24). The Labute approximate surface area is 167 Å². The molecule has 0 atom stereocenters. The van der Waals surface area contributed by atoms with Gasteiger partial charge in [0.1, 0.15) is 5.75 Å². The third-order valence-corrected chi connectivity index (χ3v) is 5.72. The lowest BCUT2D eigenvalue weighted by molar-refractivity contribution is 0.102. The summed E-state index contributed by atoms with van der Waals surface area (Å²) in [5.74, 6) is 1.29. The highest BCUT2D eigenvalue weighted by molar-refractivity contribution is 8.00. The van der Waals surface area contributed by atoms with Crippen LogP contribution in [0.2, 0.25) is 0 Å². The maximum absolute atomic E-state index is 12.4. The second-order valence-corrected chi connectivity index (χ2v) is 8.18. The first-order chi connectivity index (χ1) is 13.1. The van der Waals surface area contributed by atoms with Crippen LogP contribution < -0.4 is 10.1 Å². The number of nitrogens with one attached hydrogen (secondary N) is 1. The second-order valence-electron chi connectivity index (χ2n) is 5.98. The first-order valence-corrected chi connectivity index (χ1v) is 10.5. The smallest absolute Gasteiger partial charge is 0.257 e. The Balaban J connectivity index is 1.56. The molecule has 0 saturated heterocycles. The molecule has 0 fully saturated rings. The number of amides is 1. The van der Waals surface area contributed by atoms with Crippen LogP contribution >= 0.6 is 23.1 Å². The Kier molecular flexibility index (Phi) is 6.84. The molecule has 0 aliphatic carbocycles. The highest BCUT2D eigenvalue weighted by Crippen LogP contribution is 2.28. The normalized spacial score (nSPS) is 10.6. The molecule has 0 radical (unpaired) electrons. The average Bonchev–Trinajstić information content (AvgIpc) is 3.13. The van der Waals surface area contributed by atoms with E-state index >= 15 is 0 Å². The zero-order chi connectivity index (χ0) is 19.1. The van der Waals surface area contributed by atoms with Crippen LogP contribution in [0, 0.1) is 6.92 Å². The lowest BCUT2D eigenvalue weighted by Gasteiger charge is -2.06. The molecule has 3 aromatic rings. The Bertz CT molecular complexity index is 894. The van der Waals surface area contributed by atoms with Gasteiger partial charge in [0.25, 0.3) is 5.91 Å². The van der Waals surface area contributed by atoms with Gasteiger partial charge in [-0.2, -0.15) is 0 Å². The minimum absolute atomic E-state index is 0.219. The van der Waals surface area contributed by atoms with E-state index in [1.54, 1.807) is 23.9 Å². The van der Waals surface area contributed by atoms with Crippen molar-refractivity contribution in [3.63, 3.8) is 0 Å². The lowest BCUT2D eigenvalue weighted by Crippen LogP contribution is -2.11. The van der Waals surface area contributed by atoms with Gasteiger partial charge in [0, 0.05) is 11.3 Å². The Morgan fingerprint density at radius 2 is 2.00 bits per heavy atom. The van der Waals surface area contributed by atoms with Crippen molar-refractivity contribution in [1.82, 2.24) is 10.2 Å². The van der Waals surface area contributed by atoms with E-state index in [1.807, 2.05) is 19.1 Å². The Morgan fingerprint density at radius 1 is 1.19 bits per heavy atom. The van der Waals surface area contributed by atoms with Gasteiger partial charge in [0.05, 0.1) is 6.61 Å². The van der Waals surface area contributed by atoms with Crippen LogP contribution in [0.3, 0.4) is 0 Å². The van der Waals surface area contributed by atoms with Crippen molar-refractivity contribution in [2.75, 3.05) is 11.9 Å². The van der Waals surface area contributed by atoms with Crippen LogP contribution in [-0.4, -0.2) is 22.7 Å². The molecule has 0 aliphatic heterocycles. The topological polar surface area (TPSA) is 64.1 Å². The van der Waals surface area contributed by atoms with Gasteiger partial charge in [0.2, 0.25) is 5.13 Å². The van der Waals surface area contributed by atoms with E-state index in [1.165, 1.54) is 22.5 Å². The molecule has 0 bridgehead atoms. The monoisotopic (exact) mass is 399 g/mol. The summed E-state index contributed by atoms with van der Waals surface area (Å²) in [6.07, 6.45) is 0.921. The lowest BCUT2D eigenvalue weighted by atomic mass is 10.2. The van der Waals surface area contributed by atoms with Gasteiger partial charge in [-0.1, -0.05) is 65.9 Å².